The Balaban J connectivity index is 2.23. The Morgan fingerprint density at radius 1 is 1.47 bits per heavy atom. The third-order valence-corrected chi connectivity index (χ3v) is 3.60. The molecule has 17 heavy (non-hydrogen) atoms. The summed E-state index contributed by atoms with van der Waals surface area (Å²) in [6.45, 7) is 6.93. The first kappa shape index (κ1) is 12.0. The standard InChI is InChI=1S/C11H17N5S/c1-4-9-13-8(6-17-9)5-16-10(7(2)3)11(12)14-15-16/h6-7H,4-5,12H2,1-3H3. The van der Waals surface area contributed by atoms with Gasteiger partial charge in [-0.3, -0.25) is 0 Å². The van der Waals surface area contributed by atoms with Crippen molar-refractivity contribution < 1.29 is 0 Å². The molecule has 2 N–H and O–H groups in total. The van der Waals surface area contributed by atoms with Crippen molar-refractivity contribution >= 4 is 17.2 Å². The highest BCUT2D eigenvalue weighted by atomic mass is 32.1. The van der Waals surface area contributed by atoms with Crippen LogP contribution in [0.25, 0.3) is 0 Å². The molecule has 2 rings (SSSR count). The van der Waals surface area contributed by atoms with Gasteiger partial charge in [0.1, 0.15) is 0 Å². The zero-order valence-corrected chi connectivity index (χ0v) is 11.2. The molecule has 92 valence electrons. The molecule has 2 aromatic rings. The molecule has 0 amide bonds. The molecule has 0 saturated carbocycles. The summed E-state index contributed by atoms with van der Waals surface area (Å²) in [6.07, 6.45) is 0.973. The van der Waals surface area contributed by atoms with Gasteiger partial charge in [0, 0.05) is 5.38 Å². The molecule has 0 bridgehead atoms. The second-order valence-electron chi connectivity index (χ2n) is 4.26. The molecule has 0 spiro atoms. The third kappa shape index (κ3) is 2.46. The molecule has 0 aliphatic rings. The minimum atomic E-state index is 0.314. The van der Waals surface area contributed by atoms with Crippen molar-refractivity contribution in [2.45, 2.75) is 39.7 Å². The van der Waals surface area contributed by atoms with Crippen molar-refractivity contribution in [3.8, 4) is 0 Å². The first-order valence-electron chi connectivity index (χ1n) is 5.74. The molecule has 2 heterocycles. The van der Waals surface area contributed by atoms with Crippen LogP contribution in [0.2, 0.25) is 0 Å². The van der Waals surface area contributed by atoms with Crippen LogP contribution in [0.4, 0.5) is 5.82 Å². The van der Waals surface area contributed by atoms with E-state index in [-0.39, 0.29) is 0 Å². The smallest absolute Gasteiger partial charge is 0.169 e. The number of aryl methyl sites for hydroxylation is 1. The monoisotopic (exact) mass is 251 g/mol. The first-order chi connectivity index (χ1) is 8.11. The van der Waals surface area contributed by atoms with E-state index in [0.717, 1.165) is 22.8 Å². The Kier molecular flexibility index (Phi) is 3.42. The molecule has 5 nitrogen and oxygen atoms in total. The fourth-order valence-electron chi connectivity index (χ4n) is 1.78. The third-order valence-electron chi connectivity index (χ3n) is 2.56. The summed E-state index contributed by atoms with van der Waals surface area (Å²) in [5, 5.41) is 11.2. The molecule has 6 heteroatoms. The van der Waals surface area contributed by atoms with Crippen LogP contribution >= 0.6 is 11.3 Å². The second kappa shape index (κ2) is 4.83. The topological polar surface area (TPSA) is 69.6 Å². The van der Waals surface area contributed by atoms with E-state index in [4.69, 9.17) is 5.73 Å². The SMILES string of the molecule is CCc1nc(Cn2nnc(N)c2C(C)C)cs1. The van der Waals surface area contributed by atoms with Crippen LogP contribution in [0.1, 0.15) is 43.1 Å². The van der Waals surface area contributed by atoms with E-state index in [1.165, 1.54) is 0 Å². The van der Waals surface area contributed by atoms with Gasteiger partial charge in [0.25, 0.3) is 0 Å². The minimum absolute atomic E-state index is 0.314. The van der Waals surface area contributed by atoms with E-state index in [1.807, 2.05) is 4.68 Å². The average molecular weight is 251 g/mol. The molecule has 0 fully saturated rings. The summed E-state index contributed by atoms with van der Waals surface area (Å²) in [4.78, 5) is 4.52. The van der Waals surface area contributed by atoms with E-state index in [0.29, 0.717) is 18.3 Å². The van der Waals surface area contributed by atoms with Crippen molar-refractivity contribution in [3.05, 3.63) is 21.8 Å². The number of thiazole rings is 1. The molecular formula is C11H17N5S. The number of anilines is 1. The van der Waals surface area contributed by atoms with Crippen LogP contribution in [0.15, 0.2) is 5.38 Å². The predicted octanol–water partition coefficient (Wildman–Crippen LogP) is 2.05. The quantitative estimate of drug-likeness (QED) is 0.903. The van der Waals surface area contributed by atoms with E-state index in [2.05, 4.69) is 41.4 Å². The summed E-state index contributed by atoms with van der Waals surface area (Å²) >= 11 is 1.69. The summed E-state index contributed by atoms with van der Waals surface area (Å²) in [5.41, 5.74) is 7.82. The number of nitrogen functional groups attached to an aromatic ring is 1. The molecular weight excluding hydrogens is 234 g/mol. The van der Waals surface area contributed by atoms with Crippen molar-refractivity contribution in [2.24, 2.45) is 0 Å². The normalized spacial score (nSPS) is 11.3. The van der Waals surface area contributed by atoms with Gasteiger partial charge in [-0.15, -0.1) is 16.4 Å². The van der Waals surface area contributed by atoms with Gasteiger partial charge in [0.2, 0.25) is 0 Å². The highest BCUT2D eigenvalue weighted by Crippen LogP contribution is 2.20. The second-order valence-corrected chi connectivity index (χ2v) is 5.20. The van der Waals surface area contributed by atoms with E-state index >= 15 is 0 Å². The van der Waals surface area contributed by atoms with Crippen LogP contribution in [-0.2, 0) is 13.0 Å². The molecule has 0 saturated heterocycles. The number of nitrogens with two attached hydrogens (primary N) is 1. The Morgan fingerprint density at radius 2 is 2.24 bits per heavy atom. The zero-order valence-electron chi connectivity index (χ0n) is 10.3. The molecule has 0 radical (unpaired) electrons. The molecule has 0 aromatic carbocycles. The zero-order chi connectivity index (χ0) is 12.4. The van der Waals surface area contributed by atoms with Crippen LogP contribution < -0.4 is 5.73 Å². The van der Waals surface area contributed by atoms with Crippen LogP contribution in [0.3, 0.4) is 0 Å². The summed E-state index contributed by atoms with van der Waals surface area (Å²) in [5.74, 6) is 0.834. The number of aromatic nitrogens is 4. The molecule has 0 atom stereocenters. The molecule has 0 unspecified atom stereocenters. The van der Waals surface area contributed by atoms with Gasteiger partial charge < -0.3 is 5.73 Å². The van der Waals surface area contributed by atoms with Crippen molar-refractivity contribution in [1.82, 2.24) is 20.0 Å². The van der Waals surface area contributed by atoms with Gasteiger partial charge in [0.15, 0.2) is 5.82 Å². The van der Waals surface area contributed by atoms with Gasteiger partial charge >= 0.3 is 0 Å². The molecule has 2 aromatic heterocycles. The van der Waals surface area contributed by atoms with Gasteiger partial charge in [-0.05, 0) is 12.3 Å². The Labute approximate surface area is 105 Å². The fraction of sp³-hybridized carbons (Fsp3) is 0.545. The summed E-state index contributed by atoms with van der Waals surface area (Å²) in [7, 11) is 0. The predicted molar refractivity (Wildman–Crippen MR) is 69.1 cm³/mol. The van der Waals surface area contributed by atoms with Crippen molar-refractivity contribution in [3.63, 3.8) is 0 Å². The Morgan fingerprint density at radius 3 is 2.82 bits per heavy atom. The number of hydrogen-bond acceptors (Lipinski definition) is 5. The van der Waals surface area contributed by atoms with Gasteiger partial charge in [-0.2, -0.15) is 0 Å². The van der Waals surface area contributed by atoms with Crippen LogP contribution in [0, 0.1) is 0 Å². The first-order valence-corrected chi connectivity index (χ1v) is 6.62. The van der Waals surface area contributed by atoms with E-state index in [1.54, 1.807) is 11.3 Å². The van der Waals surface area contributed by atoms with Crippen molar-refractivity contribution in [1.29, 1.82) is 0 Å². The van der Waals surface area contributed by atoms with Gasteiger partial charge in [-0.1, -0.05) is 26.0 Å². The highest BCUT2D eigenvalue weighted by molar-refractivity contribution is 7.09. The maximum Gasteiger partial charge on any atom is 0.169 e. The van der Waals surface area contributed by atoms with Crippen LogP contribution in [0.5, 0.6) is 0 Å². The fourth-order valence-corrected chi connectivity index (χ4v) is 2.52. The number of rotatable bonds is 4. The Bertz CT molecular complexity index is 500. The maximum absolute atomic E-state index is 5.82. The lowest BCUT2D eigenvalue weighted by Crippen LogP contribution is -2.09. The summed E-state index contributed by atoms with van der Waals surface area (Å²) < 4.78 is 1.84. The van der Waals surface area contributed by atoms with Crippen molar-refractivity contribution in [2.75, 3.05) is 5.73 Å². The van der Waals surface area contributed by atoms with Crippen LogP contribution in [-0.4, -0.2) is 20.0 Å². The van der Waals surface area contributed by atoms with Gasteiger partial charge in [-0.25, -0.2) is 9.67 Å². The lowest BCUT2D eigenvalue weighted by molar-refractivity contribution is 0.591. The lowest BCUT2D eigenvalue weighted by Gasteiger charge is -2.07. The average Bonchev–Trinajstić information content (AvgIpc) is 2.86. The highest BCUT2D eigenvalue weighted by Gasteiger charge is 2.14. The Hall–Kier alpha value is -1.43. The maximum atomic E-state index is 5.82. The summed E-state index contributed by atoms with van der Waals surface area (Å²) in [6, 6.07) is 0. The molecule has 0 aliphatic carbocycles. The number of hydrogen-bond donors (Lipinski definition) is 1. The van der Waals surface area contributed by atoms with E-state index < -0.39 is 0 Å². The molecule has 0 aliphatic heterocycles. The lowest BCUT2D eigenvalue weighted by atomic mass is 10.1. The largest absolute Gasteiger partial charge is 0.381 e. The van der Waals surface area contributed by atoms with E-state index in [9.17, 15) is 0 Å². The van der Waals surface area contributed by atoms with Gasteiger partial charge in [0.05, 0.1) is 22.9 Å². The number of nitrogens with zero attached hydrogens (tertiary/aromatic N) is 4. The minimum Gasteiger partial charge on any atom is -0.381 e.